The molecule has 13 heteroatoms. The van der Waals surface area contributed by atoms with Gasteiger partial charge in [0.25, 0.3) is 0 Å². The number of Topliss-reactive ketones (excluding diaryl/α,β-unsaturated/α-hetero) is 2. The van der Waals surface area contributed by atoms with Gasteiger partial charge in [-0.25, -0.2) is 19.7 Å². The van der Waals surface area contributed by atoms with Crippen LogP contribution in [0.15, 0.2) is 126 Å². The van der Waals surface area contributed by atoms with Crippen LogP contribution in [0.1, 0.15) is 196 Å². The minimum absolute atomic E-state index is 0.00363. The van der Waals surface area contributed by atoms with Crippen molar-refractivity contribution in [1.82, 2.24) is 24.1 Å². The van der Waals surface area contributed by atoms with Gasteiger partial charge in [-0.3, -0.25) is 33.3 Å². The lowest BCUT2D eigenvalue weighted by molar-refractivity contribution is -0.165. The summed E-state index contributed by atoms with van der Waals surface area (Å²) < 4.78 is 3.50. The number of hydrogen-bond donors (Lipinski definition) is 0. The molecule has 0 radical (unpaired) electrons. The van der Waals surface area contributed by atoms with Gasteiger partial charge in [0.05, 0.1) is 24.0 Å². The van der Waals surface area contributed by atoms with Gasteiger partial charge in [0.15, 0.2) is 23.1 Å². The Morgan fingerprint density at radius 2 is 0.902 bits per heavy atom. The second-order valence-electron chi connectivity index (χ2n) is 34.2. The van der Waals surface area contributed by atoms with E-state index in [1.165, 1.54) is 0 Å². The maximum absolute atomic E-state index is 15.0. The fraction of sp³-hybridized carbons (Fsp3) is 0.582. The Kier molecular flexibility index (Phi) is 14.2. The maximum atomic E-state index is 15.0. The van der Waals surface area contributed by atoms with E-state index in [0.29, 0.717) is 18.1 Å². The smallest absolute Gasteiger partial charge is 0.238 e. The summed E-state index contributed by atoms with van der Waals surface area (Å²) in [4.78, 5) is 107. The van der Waals surface area contributed by atoms with Gasteiger partial charge in [0, 0.05) is 81.8 Å². The number of nitrogens with zero attached hydrogens (tertiary/aromatic N) is 7. The summed E-state index contributed by atoms with van der Waals surface area (Å²) >= 11 is 0. The van der Waals surface area contributed by atoms with Crippen molar-refractivity contribution in [3.63, 3.8) is 0 Å². The SMILES string of the molecule is [C-]#[N+]C1=CC2(C)C3=CC(=O)C4C5CC(C)(C)CCC5(C(=O)n5ccnc5-c5ccccc5)CCC4(C)C3(C)CCC2C(C)(C)C1=O.[C-]#[N+]C1=CC2(C)C3=CC(=O)C4C5CC(C)(C)CCC5(C(=O)n5ccnc5-c5cccnc5)CCC4(C)C3(C)CCC2C(C)(C)C1=O. The summed E-state index contributed by atoms with van der Waals surface area (Å²) in [5, 5.41) is 0. The molecule has 92 heavy (non-hydrogen) atoms. The molecule has 1 aromatic carbocycles. The molecule has 10 aliphatic rings. The first-order valence-corrected chi connectivity index (χ1v) is 34.1. The molecule has 14 atom stereocenters. The zero-order valence-electron chi connectivity index (χ0n) is 56.8. The van der Waals surface area contributed by atoms with Crippen molar-refractivity contribution in [1.29, 1.82) is 0 Å². The lowest BCUT2D eigenvalue weighted by Crippen LogP contribution is -2.66. The number of carbonyl (C=O) groups excluding carboxylic acids is 6. The third-order valence-electron chi connectivity index (χ3n) is 28.2. The lowest BCUT2D eigenvalue weighted by atomic mass is 9.34. The number of rotatable bonds is 4. The standard InChI is InChI=1S/C40H47N3O3.C39H46N4O3/c1-35(2)16-18-40(34(46)43-21-20-42-33(43)25-12-10-9-11-13-25)19-17-39(7)31(26(40)23-35)28(44)22-30-37(5)24-27(41-8)32(45)36(3,4)29(37)14-15-38(30,39)6;1-34(2)13-15-39(33(46)43-19-18-42-32(43)24-10-9-17-41-23-24)16-14-38(7)30(25(39)21-34)27(44)20-29-36(5)22-26(40-8)31(45)35(3,4)28(36)11-12-37(29,38)6/h9-13,20-22,24,26,29,31H,14-19,23H2,1-7H3;9-10,17-20,22-23,25,28,30H,11-16,21H2,1-7H3. The number of aromatic nitrogens is 5. The Balaban J connectivity index is 0.000000168. The second-order valence-corrected chi connectivity index (χ2v) is 34.2. The van der Waals surface area contributed by atoms with Crippen LogP contribution in [0.2, 0.25) is 0 Å². The molecule has 3 heterocycles. The van der Waals surface area contributed by atoms with Gasteiger partial charge in [-0.15, -0.1) is 0 Å². The number of benzene rings is 1. The number of pyridine rings is 1. The molecule has 0 aliphatic heterocycles. The van der Waals surface area contributed by atoms with E-state index in [2.05, 4.69) is 93.9 Å². The van der Waals surface area contributed by atoms with Crippen molar-refractivity contribution in [2.45, 2.75) is 187 Å². The van der Waals surface area contributed by atoms with Crippen molar-refractivity contribution >= 4 is 34.9 Å². The van der Waals surface area contributed by atoms with E-state index in [4.69, 9.17) is 13.1 Å². The van der Waals surface area contributed by atoms with Crippen molar-refractivity contribution in [2.24, 2.45) is 100 Å². The number of allylic oxidation sites excluding steroid dienone is 8. The number of hydrogen-bond acceptors (Lipinski definition) is 9. The molecule has 6 saturated carbocycles. The normalized spacial score (nSPS) is 39.0. The van der Waals surface area contributed by atoms with E-state index in [1.807, 2.05) is 101 Å². The molecule has 0 N–H and O–H groups in total. The molecule has 0 bridgehead atoms. The minimum Gasteiger partial charge on any atom is -0.307 e. The van der Waals surface area contributed by atoms with Crippen molar-refractivity contribution in [3.05, 3.63) is 149 Å². The maximum Gasteiger partial charge on any atom is 0.238 e. The topological polar surface area (TPSA) is 160 Å². The quantitative estimate of drug-likeness (QED) is 0.181. The number of carbonyl (C=O) groups is 6. The van der Waals surface area contributed by atoms with E-state index in [0.717, 1.165) is 106 Å². The number of imidazole rings is 2. The Hall–Kier alpha value is -7.25. The van der Waals surface area contributed by atoms with E-state index in [1.54, 1.807) is 40.1 Å². The van der Waals surface area contributed by atoms with Crippen LogP contribution in [0.4, 0.5) is 0 Å². The predicted molar refractivity (Wildman–Crippen MR) is 354 cm³/mol. The molecule has 0 saturated heterocycles. The summed E-state index contributed by atoms with van der Waals surface area (Å²) in [5.74, 6) is 0.668. The van der Waals surface area contributed by atoms with Crippen LogP contribution in [0.3, 0.4) is 0 Å². The zero-order valence-corrected chi connectivity index (χ0v) is 56.8. The van der Waals surface area contributed by atoms with Gasteiger partial charge in [-0.05, 0) is 170 Å². The van der Waals surface area contributed by atoms with Gasteiger partial charge < -0.3 is 9.59 Å². The van der Waals surface area contributed by atoms with Crippen molar-refractivity contribution in [2.75, 3.05) is 0 Å². The van der Waals surface area contributed by atoms with E-state index >= 15 is 4.79 Å². The molecule has 0 spiro atoms. The largest absolute Gasteiger partial charge is 0.307 e. The Morgan fingerprint density at radius 1 is 0.500 bits per heavy atom. The highest BCUT2D eigenvalue weighted by molar-refractivity contribution is 6.04. The first kappa shape index (κ1) is 63.5. The number of fused-ring (bicyclic) bond motifs is 14. The van der Waals surface area contributed by atoms with E-state index in [9.17, 15) is 24.0 Å². The van der Waals surface area contributed by atoms with Crippen molar-refractivity contribution < 1.29 is 28.8 Å². The van der Waals surface area contributed by atoms with Crippen LogP contribution in [0.5, 0.6) is 0 Å². The Bertz CT molecular complexity index is 3810. The lowest BCUT2D eigenvalue weighted by Gasteiger charge is -2.69. The zero-order chi connectivity index (χ0) is 66.2. The van der Waals surface area contributed by atoms with Crippen LogP contribution >= 0.6 is 0 Å². The van der Waals surface area contributed by atoms with E-state index < -0.39 is 32.5 Å². The third kappa shape index (κ3) is 8.52. The monoisotopic (exact) mass is 1240 g/mol. The molecule has 10 aliphatic carbocycles. The molecule has 14 rings (SSSR count). The molecule has 4 aromatic rings. The van der Waals surface area contributed by atoms with Crippen LogP contribution < -0.4 is 0 Å². The van der Waals surface area contributed by atoms with Gasteiger partial charge in [0.2, 0.25) is 23.2 Å². The van der Waals surface area contributed by atoms with Crippen LogP contribution in [0.25, 0.3) is 32.5 Å². The third-order valence-corrected chi connectivity index (χ3v) is 28.2. The van der Waals surface area contributed by atoms with Gasteiger partial charge in [0.1, 0.15) is 11.6 Å². The Labute approximate surface area is 544 Å². The van der Waals surface area contributed by atoms with Crippen molar-refractivity contribution in [3.8, 4) is 22.8 Å². The van der Waals surface area contributed by atoms with E-state index in [-0.39, 0.29) is 114 Å². The second kappa shape index (κ2) is 20.6. The molecule has 3 aromatic heterocycles. The van der Waals surface area contributed by atoms with Gasteiger partial charge in [-0.1, -0.05) is 151 Å². The predicted octanol–water partition coefficient (Wildman–Crippen LogP) is 16.9. The molecular formula is C79H93N7O6. The highest BCUT2D eigenvalue weighted by Gasteiger charge is 2.73. The van der Waals surface area contributed by atoms with Gasteiger partial charge >= 0.3 is 0 Å². The molecule has 6 fully saturated rings. The summed E-state index contributed by atoms with van der Waals surface area (Å²) in [5.41, 5.74) is -0.898. The summed E-state index contributed by atoms with van der Waals surface area (Å²) in [6.45, 7) is 46.4. The van der Waals surface area contributed by atoms with Crippen LogP contribution in [0, 0.1) is 114 Å². The summed E-state index contributed by atoms with van der Waals surface area (Å²) in [6.07, 6.45) is 29.6. The average Bonchev–Trinajstić information content (AvgIpc) is 0.708. The highest BCUT2D eigenvalue weighted by Crippen LogP contribution is 2.77. The fourth-order valence-corrected chi connectivity index (χ4v) is 22.9. The average molecular weight is 1240 g/mol. The van der Waals surface area contributed by atoms with Crippen LogP contribution in [-0.4, -0.2) is 59.0 Å². The molecule has 0 amide bonds. The van der Waals surface area contributed by atoms with Crippen LogP contribution in [-0.2, 0) is 19.2 Å². The van der Waals surface area contributed by atoms with Gasteiger partial charge in [-0.2, -0.15) is 0 Å². The summed E-state index contributed by atoms with van der Waals surface area (Å²) in [7, 11) is 0. The molecular weight excluding hydrogens is 1140 g/mol. The molecule has 14 unspecified atom stereocenters. The molecule has 13 nitrogen and oxygen atoms in total. The Morgan fingerprint density at radius 3 is 1.30 bits per heavy atom. The first-order valence-electron chi connectivity index (χ1n) is 34.1. The number of ketones is 4. The first-order chi connectivity index (χ1) is 43.1. The highest BCUT2D eigenvalue weighted by atomic mass is 16.2. The summed E-state index contributed by atoms with van der Waals surface area (Å²) in [6, 6.07) is 13.7. The minimum atomic E-state index is -0.690. The molecule has 480 valence electrons. The fourth-order valence-electron chi connectivity index (χ4n) is 22.9.